The SMILES string of the molecule is Cl.OS1(O)N(CCCNC2CCC2)c2ccccc2N1c1c(F)cccc1F. The monoisotopic (exact) mass is 431 g/mol. The highest BCUT2D eigenvalue weighted by Crippen LogP contribution is 2.64. The van der Waals surface area contributed by atoms with Crippen LogP contribution in [0.1, 0.15) is 25.7 Å². The van der Waals surface area contributed by atoms with Crippen LogP contribution in [0.15, 0.2) is 42.5 Å². The van der Waals surface area contributed by atoms with Gasteiger partial charge in [0.1, 0.15) is 5.69 Å². The fourth-order valence-corrected chi connectivity index (χ4v) is 5.35. The fraction of sp³-hybridized carbons (Fsp3) is 0.368. The number of benzene rings is 2. The molecule has 1 aliphatic heterocycles. The summed E-state index contributed by atoms with van der Waals surface area (Å²) in [6.07, 6.45) is 4.30. The molecule has 4 rings (SSSR count). The number of nitrogens with zero attached hydrogens (tertiary/aromatic N) is 2. The molecule has 0 amide bonds. The predicted molar refractivity (Wildman–Crippen MR) is 113 cm³/mol. The van der Waals surface area contributed by atoms with Gasteiger partial charge in [-0.2, -0.15) is 0 Å². The molecule has 0 atom stereocenters. The van der Waals surface area contributed by atoms with Crippen LogP contribution in [0.2, 0.25) is 0 Å². The summed E-state index contributed by atoms with van der Waals surface area (Å²) in [6.45, 7) is 1.12. The van der Waals surface area contributed by atoms with E-state index >= 15 is 0 Å². The molecule has 28 heavy (non-hydrogen) atoms. The van der Waals surface area contributed by atoms with Gasteiger partial charge in [0.05, 0.1) is 11.4 Å². The van der Waals surface area contributed by atoms with Crippen LogP contribution in [0.5, 0.6) is 0 Å². The largest absolute Gasteiger partial charge is 0.314 e. The highest BCUT2D eigenvalue weighted by Gasteiger charge is 2.43. The summed E-state index contributed by atoms with van der Waals surface area (Å²) < 4.78 is 53.1. The second-order valence-electron chi connectivity index (χ2n) is 6.88. The van der Waals surface area contributed by atoms with Crippen LogP contribution >= 0.6 is 23.4 Å². The average Bonchev–Trinajstić information content (AvgIpc) is 2.81. The number of anilines is 3. The molecule has 0 aromatic heterocycles. The van der Waals surface area contributed by atoms with Crippen molar-refractivity contribution in [2.45, 2.75) is 31.7 Å². The lowest BCUT2D eigenvalue weighted by atomic mass is 9.93. The van der Waals surface area contributed by atoms with Gasteiger partial charge >= 0.3 is 0 Å². The number of nitrogens with one attached hydrogen (secondary N) is 1. The van der Waals surface area contributed by atoms with E-state index in [1.165, 1.54) is 29.6 Å². The first-order valence-corrected chi connectivity index (χ1v) is 10.6. The molecule has 154 valence electrons. The van der Waals surface area contributed by atoms with Gasteiger partial charge in [0, 0.05) is 12.6 Å². The molecule has 1 aliphatic carbocycles. The molecule has 0 unspecified atom stereocenters. The van der Waals surface area contributed by atoms with E-state index in [4.69, 9.17) is 0 Å². The van der Waals surface area contributed by atoms with Crippen molar-refractivity contribution in [3.05, 3.63) is 54.1 Å². The number of para-hydroxylation sites is 3. The Hall–Kier alpha value is -1.58. The summed E-state index contributed by atoms with van der Waals surface area (Å²) in [6, 6.07) is 10.9. The highest BCUT2D eigenvalue weighted by molar-refractivity contribution is 8.27. The van der Waals surface area contributed by atoms with Crippen LogP contribution in [0.4, 0.5) is 25.8 Å². The van der Waals surface area contributed by atoms with Crippen LogP contribution in [-0.4, -0.2) is 28.2 Å². The van der Waals surface area contributed by atoms with E-state index < -0.39 is 28.3 Å². The quantitative estimate of drug-likeness (QED) is 0.530. The van der Waals surface area contributed by atoms with Crippen molar-refractivity contribution in [3.63, 3.8) is 0 Å². The Morgan fingerprint density at radius 2 is 1.64 bits per heavy atom. The van der Waals surface area contributed by atoms with Gasteiger partial charge in [-0.1, -0.05) is 24.6 Å². The minimum absolute atomic E-state index is 0. The second-order valence-corrected chi connectivity index (χ2v) is 8.67. The minimum Gasteiger partial charge on any atom is -0.314 e. The van der Waals surface area contributed by atoms with E-state index in [1.807, 2.05) is 0 Å². The molecule has 9 heteroatoms. The molecule has 3 N–H and O–H groups in total. The van der Waals surface area contributed by atoms with Crippen molar-refractivity contribution in [2.24, 2.45) is 0 Å². The first-order valence-electron chi connectivity index (χ1n) is 9.13. The van der Waals surface area contributed by atoms with E-state index in [0.717, 1.165) is 23.0 Å². The first kappa shape index (κ1) is 21.1. The van der Waals surface area contributed by atoms with E-state index in [0.29, 0.717) is 30.4 Å². The molecule has 2 aromatic rings. The van der Waals surface area contributed by atoms with Crippen molar-refractivity contribution in [2.75, 3.05) is 21.7 Å². The van der Waals surface area contributed by atoms with Crippen molar-refractivity contribution in [1.29, 1.82) is 0 Å². The molecule has 2 aliphatic rings. The highest BCUT2D eigenvalue weighted by atomic mass is 35.5. The summed E-state index contributed by atoms with van der Waals surface area (Å²) >= 11 is 0. The molecule has 5 nitrogen and oxygen atoms in total. The Bertz CT molecular complexity index is 818. The molecule has 1 fully saturated rings. The van der Waals surface area contributed by atoms with Crippen molar-refractivity contribution in [1.82, 2.24) is 5.32 Å². The Morgan fingerprint density at radius 3 is 2.25 bits per heavy atom. The molecule has 0 saturated heterocycles. The van der Waals surface area contributed by atoms with Crippen LogP contribution < -0.4 is 13.9 Å². The number of hydrogen-bond donors (Lipinski definition) is 3. The average molecular weight is 432 g/mol. The van der Waals surface area contributed by atoms with Gasteiger partial charge in [-0.15, -0.1) is 12.4 Å². The molecule has 0 bridgehead atoms. The minimum atomic E-state index is -3.62. The Kier molecular flexibility index (Phi) is 6.36. The third kappa shape index (κ3) is 3.67. The van der Waals surface area contributed by atoms with E-state index in [2.05, 4.69) is 5.32 Å². The summed E-state index contributed by atoms with van der Waals surface area (Å²) in [4.78, 5) is 0. The maximum absolute atomic E-state index is 14.4. The van der Waals surface area contributed by atoms with Crippen molar-refractivity contribution in [3.8, 4) is 0 Å². The number of rotatable bonds is 6. The van der Waals surface area contributed by atoms with E-state index in [-0.39, 0.29) is 12.4 Å². The molecular formula is C19H24ClF2N3O2S. The molecular weight excluding hydrogens is 408 g/mol. The van der Waals surface area contributed by atoms with E-state index in [1.54, 1.807) is 24.3 Å². The summed E-state index contributed by atoms with van der Waals surface area (Å²) in [5.74, 6) is -1.67. The van der Waals surface area contributed by atoms with Crippen LogP contribution in [0.25, 0.3) is 0 Å². The lowest BCUT2D eigenvalue weighted by Gasteiger charge is -2.44. The summed E-state index contributed by atoms with van der Waals surface area (Å²) in [5, 5.41) is 3.44. The van der Waals surface area contributed by atoms with Gasteiger partial charge in [0.2, 0.25) is 0 Å². The maximum atomic E-state index is 14.4. The van der Waals surface area contributed by atoms with Crippen molar-refractivity contribution < 1.29 is 17.9 Å². The van der Waals surface area contributed by atoms with Gasteiger partial charge in [-0.3, -0.25) is 13.4 Å². The van der Waals surface area contributed by atoms with Gasteiger partial charge in [0.15, 0.2) is 11.6 Å². The van der Waals surface area contributed by atoms with Gasteiger partial charge < -0.3 is 5.32 Å². The number of halogens is 3. The Balaban J connectivity index is 0.00000225. The van der Waals surface area contributed by atoms with Gasteiger partial charge in [-0.25, -0.2) is 13.1 Å². The smallest absolute Gasteiger partial charge is 0.151 e. The standard InChI is InChI=1S/C19H23F2N3O2S.ClH/c20-15-8-4-9-16(21)19(15)24-18-11-2-1-10-17(18)23(27(24,25)26)13-5-12-22-14-6-3-7-14;/h1-2,4,8-11,14,22,25-26H,3,5-7,12-13H2;1H. The lowest BCUT2D eigenvalue weighted by molar-refractivity contribution is 0.339. The molecule has 0 spiro atoms. The Morgan fingerprint density at radius 1 is 1.00 bits per heavy atom. The zero-order valence-corrected chi connectivity index (χ0v) is 16.9. The predicted octanol–water partition coefficient (Wildman–Crippen LogP) is 5.46. The third-order valence-electron chi connectivity index (χ3n) is 5.13. The molecule has 0 radical (unpaired) electrons. The maximum Gasteiger partial charge on any atom is 0.151 e. The zero-order chi connectivity index (χ0) is 19.0. The number of fused-ring (bicyclic) bond motifs is 1. The van der Waals surface area contributed by atoms with Crippen LogP contribution in [0.3, 0.4) is 0 Å². The first-order chi connectivity index (χ1) is 13.0. The van der Waals surface area contributed by atoms with Crippen molar-refractivity contribution >= 4 is 40.4 Å². The number of hydrogen-bond acceptors (Lipinski definition) is 5. The molecule has 1 heterocycles. The third-order valence-corrected chi connectivity index (χ3v) is 6.97. The zero-order valence-electron chi connectivity index (χ0n) is 15.2. The normalized spacial score (nSPS) is 19.0. The lowest BCUT2D eigenvalue weighted by Crippen LogP contribution is -2.38. The topological polar surface area (TPSA) is 59.0 Å². The Labute approximate surface area is 171 Å². The van der Waals surface area contributed by atoms with Crippen LogP contribution in [-0.2, 0) is 0 Å². The molecule has 2 aromatic carbocycles. The van der Waals surface area contributed by atoms with Crippen LogP contribution in [0, 0.1) is 11.6 Å². The van der Waals surface area contributed by atoms with E-state index in [9.17, 15) is 17.9 Å². The van der Waals surface area contributed by atoms with Gasteiger partial charge in [0.25, 0.3) is 0 Å². The summed E-state index contributed by atoms with van der Waals surface area (Å²) in [7, 11) is -3.62. The van der Waals surface area contributed by atoms with Gasteiger partial charge in [-0.05, 0) is 61.0 Å². The molecule has 1 saturated carbocycles. The summed E-state index contributed by atoms with van der Waals surface area (Å²) in [5.41, 5.74) is 0.497. The fourth-order valence-electron chi connectivity index (χ4n) is 3.52. The second kappa shape index (κ2) is 8.42.